The second-order valence-corrected chi connectivity index (χ2v) is 7.49. The molecule has 134 valence electrons. The average Bonchev–Trinajstić information content (AvgIpc) is 2.93. The van der Waals surface area contributed by atoms with Gasteiger partial charge in [0.1, 0.15) is 24.4 Å². The molecule has 0 spiro atoms. The van der Waals surface area contributed by atoms with Crippen LogP contribution in [0.15, 0.2) is 0 Å². The minimum absolute atomic E-state index is 0.199. The number of hydrogen-bond acceptors (Lipinski definition) is 6. The maximum absolute atomic E-state index is 6.08. The van der Waals surface area contributed by atoms with Gasteiger partial charge in [-0.05, 0) is 34.1 Å². The SMILES string of the molecule is CCCCCOCC1OC2OC(C)(C)OC2C2OC(C)(C)OC12. The summed E-state index contributed by atoms with van der Waals surface area (Å²) in [6, 6.07) is 0. The van der Waals surface area contributed by atoms with Crippen molar-refractivity contribution in [3.63, 3.8) is 0 Å². The summed E-state index contributed by atoms with van der Waals surface area (Å²) in [4.78, 5) is 0. The van der Waals surface area contributed by atoms with Gasteiger partial charge in [-0.15, -0.1) is 0 Å². The van der Waals surface area contributed by atoms with Crippen LogP contribution >= 0.6 is 0 Å². The molecule has 0 aromatic heterocycles. The Morgan fingerprint density at radius 2 is 1.48 bits per heavy atom. The van der Waals surface area contributed by atoms with Crippen molar-refractivity contribution in [3.05, 3.63) is 0 Å². The van der Waals surface area contributed by atoms with Crippen LogP contribution in [0.4, 0.5) is 0 Å². The van der Waals surface area contributed by atoms with E-state index in [2.05, 4.69) is 6.92 Å². The second-order valence-electron chi connectivity index (χ2n) is 7.49. The monoisotopic (exact) mass is 330 g/mol. The fraction of sp³-hybridized carbons (Fsp3) is 1.00. The Kier molecular flexibility index (Phi) is 5.03. The first-order valence-corrected chi connectivity index (χ1v) is 8.76. The summed E-state index contributed by atoms with van der Waals surface area (Å²) in [6.07, 6.45) is 2.12. The molecule has 0 amide bonds. The topological polar surface area (TPSA) is 55.4 Å². The van der Waals surface area contributed by atoms with Gasteiger partial charge in [0.25, 0.3) is 0 Å². The predicted molar refractivity (Wildman–Crippen MR) is 82.9 cm³/mol. The van der Waals surface area contributed by atoms with Gasteiger partial charge in [-0.2, -0.15) is 0 Å². The van der Waals surface area contributed by atoms with Crippen LogP contribution in [-0.2, 0) is 28.4 Å². The predicted octanol–water partition coefficient (Wildman–Crippen LogP) is 2.59. The molecule has 5 unspecified atom stereocenters. The highest BCUT2D eigenvalue weighted by molar-refractivity contribution is 5.00. The van der Waals surface area contributed by atoms with Crippen molar-refractivity contribution in [2.75, 3.05) is 13.2 Å². The Labute approximate surface area is 138 Å². The summed E-state index contributed by atoms with van der Waals surface area (Å²) in [5.74, 6) is -1.32. The number of hydrogen-bond donors (Lipinski definition) is 0. The van der Waals surface area contributed by atoms with Crippen molar-refractivity contribution in [3.8, 4) is 0 Å². The van der Waals surface area contributed by atoms with E-state index in [1.807, 2.05) is 27.7 Å². The van der Waals surface area contributed by atoms with E-state index in [0.29, 0.717) is 6.61 Å². The largest absolute Gasteiger partial charge is 0.379 e. The van der Waals surface area contributed by atoms with Crippen molar-refractivity contribution in [2.45, 2.75) is 96.2 Å². The molecule has 0 aliphatic carbocycles. The lowest BCUT2D eigenvalue weighted by Crippen LogP contribution is -2.56. The molecule has 23 heavy (non-hydrogen) atoms. The van der Waals surface area contributed by atoms with Crippen molar-refractivity contribution in [1.29, 1.82) is 0 Å². The number of rotatable bonds is 6. The quantitative estimate of drug-likeness (QED) is 0.698. The van der Waals surface area contributed by atoms with Crippen molar-refractivity contribution < 1.29 is 28.4 Å². The molecule has 0 aromatic rings. The van der Waals surface area contributed by atoms with Gasteiger partial charge >= 0.3 is 0 Å². The number of fused-ring (bicyclic) bond motifs is 3. The lowest BCUT2D eigenvalue weighted by atomic mass is 9.99. The van der Waals surface area contributed by atoms with Gasteiger partial charge in [0, 0.05) is 6.61 Å². The van der Waals surface area contributed by atoms with Crippen molar-refractivity contribution >= 4 is 0 Å². The van der Waals surface area contributed by atoms with Gasteiger partial charge in [-0.25, -0.2) is 0 Å². The lowest BCUT2D eigenvalue weighted by Gasteiger charge is -2.37. The highest BCUT2D eigenvalue weighted by Gasteiger charge is 2.60. The van der Waals surface area contributed by atoms with Crippen LogP contribution in [-0.4, -0.2) is 55.5 Å². The molecular weight excluding hydrogens is 300 g/mol. The van der Waals surface area contributed by atoms with Crippen LogP contribution in [0.25, 0.3) is 0 Å². The highest BCUT2D eigenvalue weighted by atomic mass is 16.9. The van der Waals surface area contributed by atoms with Gasteiger partial charge in [0.2, 0.25) is 0 Å². The number of ether oxygens (including phenoxy) is 6. The van der Waals surface area contributed by atoms with Crippen LogP contribution in [0, 0.1) is 0 Å². The molecule has 0 aromatic carbocycles. The van der Waals surface area contributed by atoms with E-state index in [-0.39, 0.29) is 24.4 Å². The smallest absolute Gasteiger partial charge is 0.190 e. The summed E-state index contributed by atoms with van der Waals surface area (Å²) in [5.41, 5.74) is 0. The second kappa shape index (κ2) is 6.58. The molecule has 0 N–H and O–H groups in total. The zero-order chi connectivity index (χ0) is 16.7. The minimum atomic E-state index is -0.674. The van der Waals surface area contributed by atoms with E-state index >= 15 is 0 Å². The van der Waals surface area contributed by atoms with E-state index in [9.17, 15) is 0 Å². The Hall–Kier alpha value is -0.240. The Morgan fingerprint density at radius 3 is 2.22 bits per heavy atom. The van der Waals surface area contributed by atoms with E-state index in [0.717, 1.165) is 13.0 Å². The van der Waals surface area contributed by atoms with Gasteiger partial charge in [-0.1, -0.05) is 19.8 Å². The summed E-state index contributed by atoms with van der Waals surface area (Å²) < 4.78 is 35.8. The standard InChI is InChI=1S/C17H30O6/c1-6-7-8-9-18-10-11-12-13(21-16(2,3)20-12)14-15(19-11)23-17(4,5)22-14/h11-15H,6-10H2,1-5H3. The maximum Gasteiger partial charge on any atom is 0.190 e. The average molecular weight is 330 g/mol. The molecule has 0 saturated carbocycles. The first-order chi connectivity index (χ1) is 10.8. The Bertz CT molecular complexity index is 410. The molecule has 6 heteroatoms. The number of unbranched alkanes of at least 4 members (excludes halogenated alkanes) is 2. The van der Waals surface area contributed by atoms with Crippen LogP contribution in [0.1, 0.15) is 53.9 Å². The summed E-state index contributed by atoms with van der Waals surface area (Å²) >= 11 is 0. The third kappa shape index (κ3) is 3.89. The minimum Gasteiger partial charge on any atom is -0.379 e. The Morgan fingerprint density at radius 1 is 0.826 bits per heavy atom. The van der Waals surface area contributed by atoms with E-state index in [1.165, 1.54) is 12.8 Å². The first-order valence-electron chi connectivity index (χ1n) is 8.76. The van der Waals surface area contributed by atoms with E-state index in [4.69, 9.17) is 28.4 Å². The molecule has 3 aliphatic heterocycles. The third-order valence-corrected chi connectivity index (χ3v) is 4.43. The molecular formula is C17H30O6. The third-order valence-electron chi connectivity index (χ3n) is 4.43. The zero-order valence-corrected chi connectivity index (χ0v) is 14.9. The van der Waals surface area contributed by atoms with Crippen LogP contribution in [0.2, 0.25) is 0 Å². The van der Waals surface area contributed by atoms with Crippen LogP contribution in [0.5, 0.6) is 0 Å². The van der Waals surface area contributed by atoms with E-state index in [1.54, 1.807) is 0 Å². The molecule has 3 heterocycles. The van der Waals surface area contributed by atoms with E-state index < -0.39 is 17.9 Å². The molecule has 0 bridgehead atoms. The summed E-state index contributed by atoms with van der Waals surface area (Å²) in [5, 5.41) is 0. The van der Waals surface area contributed by atoms with Crippen molar-refractivity contribution in [1.82, 2.24) is 0 Å². The van der Waals surface area contributed by atoms with Gasteiger partial charge in [-0.3, -0.25) is 0 Å². The lowest BCUT2D eigenvalue weighted by molar-refractivity contribution is -0.243. The van der Waals surface area contributed by atoms with Gasteiger partial charge < -0.3 is 28.4 Å². The fourth-order valence-electron chi connectivity index (χ4n) is 3.48. The van der Waals surface area contributed by atoms with Crippen LogP contribution in [0.3, 0.4) is 0 Å². The molecule has 0 radical (unpaired) electrons. The van der Waals surface area contributed by atoms with Crippen LogP contribution < -0.4 is 0 Å². The first kappa shape index (κ1) is 17.6. The normalized spacial score (nSPS) is 40.8. The van der Waals surface area contributed by atoms with Crippen molar-refractivity contribution in [2.24, 2.45) is 0 Å². The zero-order valence-electron chi connectivity index (χ0n) is 14.9. The molecule has 3 saturated heterocycles. The molecule has 6 nitrogen and oxygen atoms in total. The van der Waals surface area contributed by atoms with Gasteiger partial charge in [0.15, 0.2) is 17.9 Å². The maximum atomic E-state index is 6.08. The molecule has 3 rings (SSSR count). The Balaban J connectivity index is 1.64. The highest BCUT2D eigenvalue weighted by Crippen LogP contribution is 2.44. The fourth-order valence-corrected chi connectivity index (χ4v) is 3.48. The summed E-state index contributed by atoms with van der Waals surface area (Å²) in [6.45, 7) is 11.0. The summed E-state index contributed by atoms with van der Waals surface area (Å²) in [7, 11) is 0. The van der Waals surface area contributed by atoms with Gasteiger partial charge in [0.05, 0.1) is 6.61 Å². The molecule has 3 fully saturated rings. The molecule has 5 atom stereocenters. The molecule has 3 aliphatic rings.